The van der Waals surface area contributed by atoms with Crippen LogP contribution in [0, 0.1) is 11.3 Å². The summed E-state index contributed by atoms with van der Waals surface area (Å²) >= 11 is 0. The summed E-state index contributed by atoms with van der Waals surface area (Å²) in [4.78, 5) is 16.1. The van der Waals surface area contributed by atoms with Gasteiger partial charge in [-0.25, -0.2) is 0 Å². The maximum Gasteiger partial charge on any atom is 0.311 e. The van der Waals surface area contributed by atoms with Crippen molar-refractivity contribution in [1.82, 2.24) is 9.80 Å². The highest BCUT2D eigenvalue weighted by Gasteiger charge is 2.54. The van der Waals surface area contributed by atoms with Crippen molar-refractivity contribution in [1.29, 1.82) is 0 Å². The van der Waals surface area contributed by atoms with E-state index in [1.54, 1.807) is 0 Å². The van der Waals surface area contributed by atoms with Crippen LogP contribution in [0.2, 0.25) is 0 Å². The van der Waals surface area contributed by atoms with Gasteiger partial charge in [0.15, 0.2) is 0 Å². The molecular weight excluding hydrogens is 216 g/mol. The number of hydrogen-bond donors (Lipinski definition) is 1. The van der Waals surface area contributed by atoms with Crippen molar-refractivity contribution in [3.8, 4) is 0 Å². The van der Waals surface area contributed by atoms with Crippen LogP contribution in [-0.4, -0.2) is 61.2 Å². The largest absolute Gasteiger partial charge is 0.481 e. The molecule has 98 valence electrons. The van der Waals surface area contributed by atoms with E-state index in [-0.39, 0.29) is 6.04 Å². The first-order valence-electron chi connectivity index (χ1n) is 6.56. The molecule has 1 N–H and O–H groups in total. The zero-order chi connectivity index (χ0) is 12.6. The second-order valence-corrected chi connectivity index (χ2v) is 6.03. The SMILES string of the molecule is CN1CCC(C(N(C)C)C2(C(=O)O)CCC2)C1. The van der Waals surface area contributed by atoms with Crippen molar-refractivity contribution in [2.45, 2.75) is 31.7 Å². The van der Waals surface area contributed by atoms with E-state index in [1.165, 1.54) is 0 Å². The average molecular weight is 240 g/mol. The lowest BCUT2D eigenvalue weighted by atomic mass is 9.60. The second kappa shape index (κ2) is 4.58. The number of rotatable bonds is 4. The molecule has 1 saturated heterocycles. The number of carbonyl (C=O) groups is 1. The smallest absolute Gasteiger partial charge is 0.311 e. The Kier molecular flexibility index (Phi) is 3.46. The van der Waals surface area contributed by atoms with E-state index in [2.05, 4.69) is 16.8 Å². The zero-order valence-corrected chi connectivity index (χ0v) is 11.1. The summed E-state index contributed by atoms with van der Waals surface area (Å²) in [5.74, 6) is -0.0802. The molecule has 1 aliphatic carbocycles. The van der Waals surface area contributed by atoms with Crippen LogP contribution in [0.25, 0.3) is 0 Å². The van der Waals surface area contributed by atoms with E-state index < -0.39 is 11.4 Å². The van der Waals surface area contributed by atoms with Crippen LogP contribution in [0.5, 0.6) is 0 Å². The maximum absolute atomic E-state index is 11.6. The number of aliphatic carboxylic acids is 1. The molecule has 4 nitrogen and oxygen atoms in total. The Labute approximate surface area is 104 Å². The van der Waals surface area contributed by atoms with Gasteiger partial charge in [0, 0.05) is 12.6 Å². The fraction of sp³-hybridized carbons (Fsp3) is 0.923. The van der Waals surface area contributed by atoms with Gasteiger partial charge in [-0.1, -0.05) is 6.42 Å². The van der Waals surface area contributed by atoms with Gasteiger partial charge in [0.1, 0.15) is 0 Å². The van der Waals surface area contributed by atoms with Gasteiger partial charge in [0.25, 0.3) is 0 Å². The first-order valence-corrected chi connectivity index (χ1v) is 6.56. The van der Waals surface area contributed by atoms with Gasteiger partial charge >= 0.3 is 5.97 Å². The van der Waals surface area contributed by atoms with E-state index in [4.69, 9.17) is 0 Å². The average Bonchev–Trinajstić information content (AvgIpc) is 2.56. The highest BCUT2D eigenvalue weighted by Crippen LogP contribution is 2.49. The fourth-order valence-electron chi connectivity index (χ4n) is 3.79. The quantitative estimate of drug-likeness (QED) is 0.800. The number of nitrogens with zero attached hydrogens (tertiary/aromatic N) is 2. The third-order valence-corrected chi connectivity index (χ3v) is 4.67. The summed E-state index contributed by atoms with van der Waals surface area (Å²) in [5, 5.41) is 9.59. The van der Waals surface area contributed by atoms with Crippen molar-refractivity contribution in [2.75, 3.05) is 34.2 Å². The molecule has 2 rings (SSSR count). The summed E-state index contributed by atoms with van der Waals surface area (Å²) < 4.78 is 0. The molecule has 1 heterocycles. The summed E-state index contributed by atoms with van der Waals surface area (Å²) in [5.41, 5.74) is -0.473. The lowest BCUT2D eigenvalue weighted by Crippen LogP contribution is -2.57. The highest BCUT2D eigenvalue weighted by atomic mass is 16.4. The van der Waals surface area contributed by atoms with Crippen molar-refractivity contribution in [3.05, 3.63) is 0 Å². The molecule has 2 atom stereocenters. The Balaban J connectivity index is 2.19. The number of carboxylic acid groups (broad SMARTS) is 1. The standard InChI is InChI=1S/C13H24N2O2/c1-14(2)11(10-5-8-15(3)9-10)13(12(16)17)6-4-7-13/h10-11H,4-9H2,1-3H3,(H,16,17). The van der Waals surface area contributed by atoms with Crippen LogP contribution in [0.15, 0.2) is 0 Å². The van der Waals surface area contributed by atoms with E-state index >= 15 is 0 Å². The number of likely N-dealkylation sites (tertiary alicyclic amines) is 1. The molecular formula is C13H24N2O2. The minimum atomic E-state index is -0.586. The predicted molar refractivity (Wildman–Crippen MR) is 67.0 cm³/mol. The molecule has 0 aromatic heterocycles. The highest BCUT2D eigenvalue weighted by molar-refractivity contribution is 5.77. The van der Waals surface area contributed by atoms with Crippen LogP contribution < -0.4 is 0 Å². The van der Waals surface area contributed by atoms with E-state index in [1.807, 2.05) is 14.1 Å². The van der Waals surface area contributed by atoms with E-state index in [9.17, 15) is 9.90 Å². The Bertz CT molecular complexity index is 300. The minimum absolute atomic E-state index is 0.193. The third kappa shape index (κ3) is 2.08. The van der Waals surface area contributed by atoms with Gasteiger partial charge in [-0.3, -0.25) is 4.79 Å². The topological polar surface area (TPSA) is 43.8 Å². The second-order valence-electron chi connectivity index (χ2n) is 6.03. The molecule has 0 spiro atoms. The first-order chi connectivity index (χ1) is 7.97. The van der Waals surface area contributed by atoms with Crippen LogP contribution in [0.3, 0.4) is 0 Å². The van der Waals surface area contributed by atoms with Crippen molar-refractivity contribution >= 4 is 5.97 Å². The molecule has 2 fully saturated rings. The first kappa shape index (κ1) is 12.8. The normalized spacial score (nSPS) is 30.2. The van der Waals surface area contributed by atoms with Crippen molar-refractivity contribution < 1.29 is 9.90 Å². The Morgan fingerprint density at radius 1 is 1.47 bits per heavy atom. The van der Waals surface area contributed by atoms with Crippen LogP contribution >= 0.6 is 0 Å². The molecule has 17 heavy (non-hydrogen) atoms. The molecule has 1 saturated carbocycles. The van der Waals surface area contributed by atoms with Gasteiger partial charge in [-0.05, 0) is 52.9 Å². The van der Waals surface area contributed by atoms with Crippen molar-refractivity contribution in [2.24, 2.45) is 11.3 Å². The molecule has 4 heteroatoms. The van der Waals surface area contributed by atoms with Crippen LogP contribution in [0.1, 0.15) is 25.7 Å². The molecule has 2 unspecified atom stereocenters. The summed E-state index contributed by atoms with van der Waals surface area (Å²) in [6.07, 6.45) is 3.91. The lowest BCUT2D eigenvalue weighted by Gasteiger charge is -2.49. The monoisotopic (exact) mass is 240 g/mol. The fourth-order valence-corrected chi connectivity index (χ4v) is 3.79. The van der Waals surface area contributed by atoms with E-state index in [0.29, 0.717) is 5.92 Å². The summed E-state index contributed by atoms with van der Waals surface area (Å²) in [6, 6.07) is 0.193. The zero-order valence-electron chi connectivity index (χ0n) is 11.1. The summed E-state index contributed by atoms with van der Waals surface area (Å²) in [6.45, 7) is 2.14. The molecule has 0 aromatic carbocycles. The molecule has 0 radical (unpaired) electrons. The Hall–Kier alpha value is -0.610. The van der Waals surface area contributed by atoms with Crippen molar-refractivity contribution in [3.63, 3.8) is 0 Å². The molecule has 0 bridgehead atoms. The third-order valence-electron chi connectivity index (χ3n) is 4.67. The molecule has 0 amide bonds. The Morgan fingerprint density at radius 3 is 2.41 bits per heavy atom. The molecule has 0 aromatic rings. The summed E-state index contributed by atoms with van der Waals surface area (Å²) in [7, 11) is 6.19. The maximum atomic E-state index is 11.6. The number of carboxylic acids is 1. The minimum Gasteiger partial charge on any atom is -0.481 e. The van der Waals surface area contributed by atoms with Gasteiger partial charge in [-0.15, -0.1) is 0 Å². The molecule has 1 aliphatic heterocycles. The van der Waals surface area contributed by atoms with Gasteiger partial charge < -0.3 is 14.9 Å². The Morgan fingerprint density at radius 2 is 2.12 bits per heavy atom. The lowest BCUT2D eigenvalue weighted by molar-refractivity contribution is -0.162. The van der Waals surface area contributed by atoms with E-state index in [0.717, 1.165) is 38.8 Å². The van der Waals surface area contributed by atoms with Gasteiger partial charge in [0.05, 0.1) is 5.41 Å². The molecule has 2 aliphatic rings. The van der Waals surface area contributed by atoms with Crippen LogP contribution in [-0.2, 0) is 4.79 Å². The van der Waals surface area contributed by atoms with Gasteiger partial charge in [0.2, 0.25) is 0 Å². The van der Waals surface area contributed by atoms with Crippen LogP contribution in [0.4, 0.5) is 0 Å². The predicted octanol–water partition coefficient (Wildman–Crippen LogP) is 1.12. The van der Waals surface area contributed by atoms with Gasteiger partial charge in [-0.2, -0.15) is 0 Å². The number of hydrogen-bond acceptors (Lipinski definition) is 3.